The maximum Gasteiger partial charge on any atom is 0.348 e. The van der Waals surface area contributed by atoms with Crippen molar-refractivity contribution in [2.24, 2.45) is 0 Å². The number of thiophene rings is 1. The van der Waals surface area contributed by atoms with Gasteiger partial charge in [-0.2, -0.15) is 0 Å². The second kappa shape index (κ2) is 7.55. The van der Waals surface area contributed by atoms with Gasteiger partial charge in [0.25, 0.3) is 5.91 Å². The van der Waals surface area contributed by atoms with Crippen LogP contribution in [0.15, 0.2) is 24.3 Å². The SMILES string of the molecule is O=C(COC(=O)c1cc2c(s1)CCCC2)Nc1c(Cl)cccc1Cl. The first-order chi connectivity index (χ1) is 11.5. The average Bonchev–Trinajstić information content (AvgIpc) is 3.00. The second-order valence-corrected chi connectivity index (χ2v) is 7.44. The molecule has 4 nitrogen and oxygen atoms in total. The van der Waals surface area contributed by atoms with Crippen molar-refractivity contribution in [1.29, 1.82) is 0 Å². The Hall–Kier alpha value is -1.56. The van der Waals surface area contributed by atoms with Crippen molar-refractivity contribution in [3.05, 3.63) is 49.6 Å². The van der Waals surface area contributed by atoms with Gasteiger partial charge in [-0.3, -0.25) is 4.79 Å². The smallest absolute Gasteiger partial charge is 0.348 e. The molecular formula is C17H15Cl2NO3S. The molecule has 0 unspecified atom stereocenters. The topological polar surface area (TPSA) is 55.4 Å². The first kappa shape index (κ1) is 17.3. The van der Waals surface area contributed by atoms with Gasteiger partial charge < -0.3 is 10.1 Å². The zero-order valence-corrected chi connectivity index (χ0v) is 15.1. The van der Waals surface area contributed by atoms with Crippen LogP contribution < -0.4 is 5.32 Å². The molecule has 0 spiro atoms. The van der Waals surface area contributed by atoms with Crippen molar-refractivity contribution in [1.82, 2.24) is 0 Å². The summed E-state index contributed by atoms with van der Waals surface area (Å²) >= 11 is 13.4. The molecule has 1 aliphatic carbocycles. The number of amides is 1. The van der Waals surface area contributed by atoms with Crippen LogP contribution in [0.25, 0.3) is 0 Å². The number of ether oxygens (including phenoxy) is 1. The van der Waals surface area contributed by atoms with Crippen LogP contribution in [-0.2, 0) is 22.4 Å². The molecule has 126 valence electrons. The van der Waals surface area contributed by atoms with Gasteiger partial charge in [0.2, 0.25) is 0 Å². The molecule has 7 heteroatoms. The van der Waals surface area contributed by atoms with Crippen molar-refractivity contribution in [3.8, 4) is 0 Å². The van der Waals surface area contributed by atoms with E-state index in [4.69, 9.17) is 27.9 Å². The van der Waals surface area contributed by atoms with Crippen LogP contribution in [0, 0.1) is 0 Å². The van der Waals surface area contributed by atoms with Gasteiger partial charge in [0, 0.05) is 4.88 Å². The number of hydrogen-bond acceptors (Lipinski definition) is 4. The second-order valence-electron chi connectivity index (χ2n) is 5.49. The van der Waals surface area contributed by atoms with Gasteiger partial charge in [0.1, 0.15) is 4.88 Å². The summed E-state index contributed by atoms with van der Waals surface area (Å²) < 4.78 is 5.09. The number of halogens is 2. The van der Waals surface area contributed by atoms with Gasteiger partial charge in [0.05, 0.1) is 15.7 Å². The lowest BCUT2D eigenvalue weighted by Gasteiger charge is -2.09. The third kappa shape index (κ3) is 3.91. The number of carbonyl (C=O) groups is 2. The summed E-state index contributed by atoms with van der Waals surface area (Å²) in [7, 11) is 0. The Kier molecular flexibility index (Phi) is 5.43. The molecule has 3 rings (SSSR count). The van der Waals surface area contributed by atoms with E-state index in [9.17, 15) is 9.59 Å². The zero-order valence-electron chi connectivity index (χ0n) is 12.7. The predicted molar refractivity (Wildman–Crippen MR) is 96.3 cm³/mol. The summed E-state index contributed by atoms with van der Waals surface area (Å²) in [6, 6.07) is 6.79. The fourth-order valence-electron chi connectivity index (χ4n) is 2.59. The van der Waals surface area contributed by atoms with E-state index in [1.807, 2.05) is 6.07 Å². The molecule has 1 aromatic heterocycles. The number of fused-ring (bicyclic) bond motifs is 1. The summed E-state index contributed by atoms with van der Waals surface area (Å²) in [6.07, 6.45) is 4.32. The van der Waals surface area contributed by atoms with E-state index in [0.29, 0.717) is 20.6 Å². The van der Waals surface area contributed by atoms with Crippen LogP contribution >= 0.6 is 34.5 Å². The van der Waals surface area contributed by atoms with E-state index in [1.54, 1.807) is 18.2 Å². The number of para-hydroxylation sites is 1. The lowest BCUT2D eigenvalue weighted by atomic mass is 9.99. The number of anilines is 1. The first-order valence-corrected chi connectivity index (χ1v) is 9.14. The first-order valence-electron chi connectivity index (χ1n) is 7.57. The van der Waals surface area contributed by atoms with E-state index in [1.165, 1.54) is 21.8 Å². The Labute approximate surface area is 153 Å². The van der Waals surface area contributed by atoms with Crippen molar-refractivity contribution < 1.29 is 14.3 Å². The number of hydrogen-bond donors (Lipinski definition) is 1. The molecule has 1 amide bonds. The van der Waals surface area contributed by atoms with Gasteiger partial charge in [-0.25, -0.2) is 4.79 Å². The standard InChI is InChI=1S/C17H15Cl2NO3S/c18-11-5-3-6-12(19)16(11)20-15(21)9-23-17(22)14-8-10-4-1-2-7-13(10)24-14/h3,5-6,8H,1-2,4,7,9H2,(H,20,21). The Balaban J connectivity index is 1.58. The van der Waals surface area contributed by atoms with Crippen molar-refractivity contribution in [2.45, 2.75) is 25.7 Å². The fourth-order valence-corrected chi connectivity index (χ4v) is 4.23. The Morgan fingerprint density at radius 2 is 1.88 bits per heavy atom. The van der Waals surface area contributed by atoms with Gasteiger partial charge in [-0.15, -0.1) is 11.3 Å². The quantitative estimate of drug-likeness (QED) is 0.776. The molecule has 1 aliphatic rings. The summed E-state index contributed by atoms with van der Waals surface area (Å²) in [5.74, 6) is -0.963. The molecule has 1 N–H and O–H groups in total. The molecule has 0 bridgehead atoms. The zero-order chi connectivity index (χ0) is 17.1. The van der Waals surface area contributed by atoms with Crippen LogP contribution in [-0.4, -0.2) is 18.5 Å². The lowest BCUT2D eigenvalue weighted by Crippen LogP contribution is -2.21. The number of nitrogens with one attached hydrogen (secondary N) is 1. The lowest BCUT2D eigenvalue weighted by molar-refractivity contribution is -0.119. The van der Waals surface area contributed by atoms with Gasteiger partial charge in [-0.1, -0.05) is 29.3 Å². The summed E-state index contributed by atoms with van der Waals surface area (Å²) in [5, 5.41) is 3.21. The van der Waals surface area contributed by atoms with Crippen LogP contribution in [0.1, 0.15) is 33.0 Å². The Morgan fingerprint density at radius 3 is 2.58 bits per heavy atom. The van der Waals surface area contributed by atoms with Crippen molar-refractivity contribution >= 4 is 52.1 Å². The molecule has 0 fully saturated rings. The average molecular weight is 384 g/mol. The molecular weight excluding hydrogens is 369 g/mol. The van der Waals surface area contributed by atoms with E-state index < -0.39 is 11.9 Å². The van der Waals surface area contributed by atoms with Crippen LogP contribution in [0.3, 0.4) is 0 Å². The Morgan fingerprint density at radius 1 is 1.17 bits per heavy atom. The van der Waals surface area contributed by atoms with Gasteiger partial charge in [-0.05, 0) is 49.4 Å². The molecule has 0 saturated heterocycles. The highest BCUT2D eigenvalue weighted by atomic mass is 35.5. The molecule has 2 aromatic rings. The van der Waals surface area contributed by atoms with Crippen LogP contribution in [0.4, 0.5) is 5.69 Å². The van der Waals surface area contributed by atoms with E-state index in [-0.39, 0.29) is 6.61 Å². The van der Waals surface area contributed by atoms with Gasteiger partial charge >= 0.3 is 5.97 Å². The minimum Gasteiger partial charge on any atom is -0.451 e. The molecule has 0 radical (unpaired) electrons. The molecule has 1 heterocycles. The highest BCUT2D eigenvalue weighted by Crippen LogP contribution is 2.31. The number of rotatable bonds is 4. The predicted octanol–water partition coefficient (Wildman–Crippen LogP) is 4.73. The summed E-state index contributed by atoms with van der Waals surface area (Å²) in [4.78, 5) is 25.9. The molecule has 24 heavy (non-hydrogen) atoms. The van der Waals surface area contributed by atoms with Crippen molar-refractivity contribution in [3.63, 3.8) is 0 Å². The normalized spacial score (nSPS) is 13.2. The molecule has 0 atom stereocenters. The van der Waals surface area contributed by atoms with E-state index >= 15 is 0 Å². The number of carbonyl (C=O) groups excluding carboxylic acids is 2. The molecule has 1 aromatic carbocycles. The third-order valence-corrected chi connectivity index (χ3v) is 5.61. The molecule has 0 aliphatic heterocycles. The number of esters is 1. The maximum atomic E-state index is 12.1. The Bertz CT molecular complexity index is 744. The van der Waals surface area contributed by atoms with Gasteiger partial charge in [0.15, 0.2) is 6.61 Å². The fraction of sp³-hybridized carbons (Fsp3) is 0.294. The molecule has 0 saturated carbocycles. The summed E-state index contributed by atoms with van der Waals surface area (Å²) in [5.41, 5.74) is 1.54. The minimum absolute atomic E-state index is 0.313. The maximum absolute atomic E-state index is 12.1. The largest absolute Gasteiger partial charge is 0.451 e. The van der Waals surface area contributed by atoms with Crippen LogP contribution in [0.5, 0.6) is 0 Å². The number of benzene rings is 1. The number of aryl methyl sites for hydroxylation is 2. The van der Waals surface area contributed by atoms with Crippen molar-refractivity contribution in [2.75, 3.05) is 11.9 Å². The monoisotopic (exact) mass is 383 g/mol. The summed E-state index contributed by atoms with van der Waals surface area (Å²) in [6.45, 7) is -0.386. The highest BCUT2D eigenvalue weighted by Gasteiger charge is 2.19. The van der Waals surface area contributed by atoms with E-state index in [0.717, 1.165) is 25.7 Å². The highest BCUT2D eigenvalue weighted by molar-refractivity contribution is 7.14. The third-order valence-electron chi connectivity index (χ3n) is 3.76. The van der Waals surface area contributed by atoms with Crippen LogP contribution in [0.2, 0.25) is 10.0 Å². The minimum atomic E-state index is -0.486. The van der Waals surface area contributed by atoms with E-state index in [2.05, 4.69) is 5.32 Å².